The van der Waals surface area contributed by atoms with Crippen molar-refractivity contribution in [3.8, 4) is 0 Å². The van der Waals surface area contributed by atoms with E-state index in [4.69, 9.17) is 4.74 Å². The third kappa shape index (κ3) is 4.94. The van der Waals surface area contributed by atoms with E-state index in [0.717, 1.165) is 13.1 Å². The van der Waals surface area contributed by atoms with Gasteiger partial charge in [0.1, 0.15) is 5.69 Å². The first kappa shape index (κ1) is 22.3. The van der Waals surface area contributed by atoms with E-state index in [9.17, 15) is 19.7 Å². The van der Waals surface area contributed by atoms with E-state index in [0.29, 0.717) is 83.2 Å². The highest BCUT2D eigenvalue weighted by atomic mass is 16.6. The van der Waals surface area contributed by atoms with E-state index in [2.05, 4.69) is 5.32 Å². The van der Waals surface area contributed by atoms with Crippen molar-refractivity contribution in [2.75, 3.05) is 83.6 Å². The third-order valence-corrected chi connectivity index (χ3v) is 6.21. The van der Waals surface area contributed by atoms with Crippen LogP contribution in [0.3, 0.4) is 0 Å². The minimum atomic E-state index is -0.425. The van der Waals surface area contributed by atoms with Gasteiger partial charge in [0.2, 0.25) is 0 Å². The number of nitrogens with zero attached hydrogens (tertiary/aromatic N) is 5. The number of carbonyl (C=O) groups is 2. The molecule has 0 unspecified atom stereocenters. The molecule has 0 saturated carbocycles. The van der Waals surface area contributed by atoms with Crippen molar-refractivity contribution >= 4 is 23.3 Å². The quantitative estimate of drug-likeness (QED) is 0.535. The van der Waals surface area contributed by atoms with E-state index in [-0.39, 0.29) is 17.6 Å². The number of rotatable bonds is 3. The molecule has 4 rings (SSSR count). The second-order valence-electron chi connectivity index (χ2n) is 8.21. The molecule has 1 aromatic carbocycles. The Labute approximate surface area is 187 Å². The highest BCUT2D eigenvalue weighted by Gasteiger charge is 2.28. The Kier molecular flexibility index (Phi) is 7.05. The van der Waals surface area contributed by atoms with Gasteiger partial charge in [0.15, 0.2) is 0 Å². The third-order valence-electron chi connectivity index (χ3n) is 6.21. The lowest BCUT2D eigenvalue weighted by molar-refractivity contribution is -0.384. The van der Waals surface area contributed by atoms with Gasteiger partial charge in [0, 0.05) is 77.1 Å². The van der Waals surface area contributed by atoms with Crippen LogP contribution >= 0.6 is 0 Å². The van der Waals surface area contributed by atoms with Gasteiger partial charge in [-0.15, -0.1) is 0 Å². The van der Waals surface area contributed by atoms with Gasteiger partial charge in [-0.2, -0.15) is 0 Å². The number of nitro benzene ring substituents is 1. The standard InChI is InChI=1S/C21H30N6O5/c28-20(24-8-4-22-5-9-24)17-2-3-18(19(16-17)27(30)31)23-6-1-7-25(11-10-23)21(29)26-12-14-32-15-13-26/h2-3,16,22H,1,4-15H2. The maximum absolute atomic E-state index is 12.8. The largest absolute Gasteiger partial charge is 0.378 e. The lowest BCUT2D eigenvalue weighted by Gasteiger charge is -2.32. The predicted octanol–water partition coefficient (Wildman–Crippen LogP) is 0.605. The fraction of sp³-hybridized carbons (Fsp3) is 0.619. The van der Waals surface area contributed by atoms with Crippen LogP contribution in [0.4, 0.5) is 16.2 Å². The topological polar surface area (TPSA) is 112 Å². The van der Waals surface area contributed by atoms with Gasteiger partial charge in [-0.25, -0.2) is 4.79 Å². The number of carbonyl (C=O) groups excluding carboxylic acids is 2. The summed E-state index contributed by atoms with van der Waals surface area (Å²) in [5.41, 5.74) is 0.757. The summed E-state index contributed by atoms with van der Waals surface area (Å²) in [5.74, 6) is -0.181. The van der Waals surface area contributed by atoms with Crippen LogP contribution in [0.5, 0.6) is 0 Å². The van der Waals surface area contributed by atoms with Crippen LogP contribution in [0.2, 0.25) is 0 Å². The van der Waals surface area contributed by atoms with Crippen LogP contribution in [-0.2, 0) is 4.74 Å². The molecular weight excluding hydrogens is 416 g/mol. The molecule has 11 heteroatoms. The molecule has 174 valence electrons. The molecule has 0 spiro atoms. The second-order valence-corrected chi connectivity index (χ2v) is 8.21. The SMILES string of the molecule is O=C(c1ccc(N2CCCN(C(=O)N3CCOCC3)CC2)c([N+](=O)[O-])c1)N1CCNCC1. The average molecular weight is 447 g/mol. The van der Waals surface area contributed by atoms with E-state index < -0.39 is 4.92 Å². The average Bonchev–Trinajstić information content (AvgIpc) is 3.10. The monoisotopic (exact) mass is 446 g/mol. The Morgan fingerprint density at radius 2 is 1.62 bits per heavy atom. The summed E-state index contributed by atoms with van der Waals surface area (Å²) in [4.78, 5) is 44.3. The van der Waals surface area contributed by atoms with Gasteiger partial charge in [-0.1, -0.05) is 0 Å². The number of amides is 3. The van der Waals surface area contributed by atoms with E-state index in [1.165, 1.54) is 6.07 Å². The zero-order valence-corrected chi connectivity index (χ0v) is 18.2. The summed E-state index contributed by atoms with van der Waals surface area (Å²) in [6.07, 6.45) is 0.717. The molecule has 1 N–H and O–H groups in total. The molecule has 3 fully saturated rings. The summed E-state index contributed by atoms with van der Waals surface area (Å²) in [7, 11) is 0. The van der Waals surface area contributed by atoms with Crippen molar-refractivity contribution in [2.24, 2.45) is 0 Å². The highest BCUT2D eigenvalue weighted by molar-refractivity contribution is 5.96. The van der Waals surface area contributed by atoms with E-state index in [1.54, 1.807) is 21.9 Å². The van der Waals surface area contributed by atoms with Crippen molar-refractivity contribution < 1.29 is 19.2 Å². The van der Waals surface area contributed by atoms with Crippen LogP contribution in [0.25, 0.3) is 0 Å². The first-order valence-corrected chi connectivity index (χ1v) is 11.2. The Morgan fingerprint density at radius 1 is 0.906 bits per heavy atom. The van der Waals surface area contributed by atoms with Crippen molar-refractivity contribution in [2.45, 2.75) is 6.42 Å². The minimum Gasteiger partial charge on any atom is -0.378 e. The molecule has 3 saturated heterocycles. The number of nitrogens with one attached hydrogen (secondary N) is 1. The van der Waals surface area contributed by atoms with Crippen molar-refractivity contribution in [1.29, 1.82) is 0 Å². The molecule has 32 heavy (non-hydrogen) atoms. The number of benzene rings is 1. The van der Waals surface area contributed by atoms with Crippen LogP contribution in [0.1, 0.15) is 16.8 Å². The summed E-state index contributed by atoms with van der Waals surface area (Å²) < 4.78 is 5.32. The number of hydrogen-bond donors (Lipinski definition) is 1. The van der Waals surface area contributed by atoms with Gasteiger partial charge in [0.05, 0.1) is 18.1 Å². The van der Waals surface area contributed by atoms with E-state index in [1.807, 2.05) is 9.80 Å². The minimum absolute atomic E-state index is 0.00150. The number of piperazine rings is 1. The van der Waals surface area contributed by atoms with Gasteiger partial charge >= 0.3 is 6.03 Å². The number of urea groups is 1. The molecule has 0 radical (unpaired) electrons. The molecule has 0 bridgehead atoms. The fourth-order valence-corrected chi connectivity index (χ4v) is 4.42. The van der Waals surface area contributed by atoms with Crippen LogP contribution in [-0.4, -0.2) is 110 Å². The van der Waals surface area contributed by atoms with Crippen LogP contribution in [0.15, 0.2) is 18.2 Å². The summed E-state index contributed by atoms with van der Waals surface area (Å²) in [6, 6.07) is 4.74. The zero-order chi connectivity index (χ0) is 22.5. The van der Waals surface area contributed by atoms with Crippen LogP contribution < -0.4 is 10.2 Å². The smallest absolute Gasteiger partial charge is 0.320 e. The van der Waals surface area contributed by atoms with Crippen LogP contribution in [0, 0.1) is 10.1 Å². The Balaban J connectivity index is 1.47. The second kappa shape index (κ2) is 10.1. The molecule has 0 aromatic heterocycles. The van der Waals surface area contributed by atoms with Gasteiger partial charge < -0.3 is 29.7 Å². The molecule has 3 heterocycles. The van der Waals surface area contributed by atoms with Gasteiger partial charge in [0.25, 0.3) is 11.6 Å². The van der Waals surface area contributed by atoms with Crippen molar-refractivity contribution in [3.63, 3.8) is 0 Å². The number of nitro groups is 1. The Hall–Kier alpha value is -2.92. The molecule has 0 atom stereocenters. The number of hydrogen-bond acceptors (Lipinski definition) is 7. The molecular formula is C21H30N6O5. The maximum Gasteiger partial charge on any atom is 0.320 e. The normalized spacial score (nSPS) is 20.1. The summed E-state index contributed by atoms with van der Waals surface area (Å²) >= 11 is 0. The molecule has 11 nitrogen and oxygen atoms in total. The molecule has 3 aliphatic heterocycles. The lowest BCUT2D eigenvalue weighted by Crippen LogP contribution is -2.49. The van der Waals surface area contributed by atoms with Gasteiger partial charge in [-0.3, -0.25) is 14.9 Å². The molecule has 0 aliphatic carbocycles. The summed E-state index contributed by atoms with van der Waals surface area (Å²) in [5, 5.41) is 15.0. The maximum atomic E-state index is 12.8. The summed E-state index contributed by atoms with van der Waals surface area (Å²) in [6.45, 7) is 7.13. The van der Waals surface area contributed by atoms with E-state index >= 15 is 0 Å². The molecule has 3 aliphatic rings. The van der Waals surface area contributed by atoms with Gasteiger partial charge in [-0.05, 0) is 18.6 Å². The Morgan fingerprint density at radius 3 is 2.34 bits per heavy atom. The fourth-order valence-electron chi connectivity index (χ4n) is 4.42. The number of ether oxygens (including phenoxy) is 1. The molecule has 3 amide bonds. The van der Waals surface area contributed by atoms with Crippen molar-refractivity contribution in [3.05, 3.63) is 33.9 Å². The molecule has 1 aromatic rings. The lowest BCUT2D eigenvalue weighted by atomic mass is 10.1. The van der Waals surface area contributed by atoms with Crippen molar-refractivity contribution in [1.82, 2.24) is 20.0 Å². The predicted molar refractivity (Wildman–Crippen MR) is 118 cm³/mol. The first-order valence-electron chi connectivity index (χ1n) is 11.2. The first-order chi connectivity index (χ1) is 15.5. The zero-order valence-electron chi connectivity index (χ0n) is 18.2. The highest BCUT2D eigenvalue weighted by Crippen LogP contribution is 2.30. The Bertz CT molecular complexity index is 853. The number of morpholine rings is 1. The number of anilines is 1.